The summed E-state index contributed by atoms with van der Waals surface area (Å²) in [6.45, 7) is 6.02. The van der Waals surface area contributed by atoms with Crippen molar-refractivity contribution in [3.8, 4) is 0 Å². The maximum absolute atomic E-state index is 12.6. The molecule has 0 saturated carbocycles. The molecule has 0 saturated heterocycles. The van der Waals surface area contributed by atoms with Gasteiger partial charge >= 0.3 is 6.09 Å². The summed E-state index contributed by atoms with van der Waals surface area (Å²) in [5, 5.41) is 19.2. The number of hydrogen-bond acceptors (Lipinski definition) is 5. The number of amides is 1. The predicted octanol–water partition coefficient (Wildman–Crippen LogP) is 5.60. The van der Waals surface area contributed by atoms with Gasteiger partial charge in [0.1, 0.15) is 6.10 Å². The minimum Gasteiger partial charge on any atom is -0.440 e. The van der Waals surface area contributed by atoms with E-state index in [1.165, 1.54) is 0 Å². The average molecular weight is 452 g/mol. The molecule has 0 radical (unpaired) electrons. The highest BCUT2D eigenvalue weighted by Gasteiger charge is 2.36. The van der Waals surface area contributed by atoms with E-state index in [0.29, 0.717) is 11.4 Å². The monoisotopic (exact) mass is 451 g/mol. The molecule has 1 amide bonds. The van der Waals surface area contributed by atoms with Crippen LogP contribution in [0.1, 0.15) is 57.3 Å². The van der Waals surface area contributed by atoms with Crippen LogP contribution in [-0.4, -0.2) is 27.8 Å². The summed E-state index contributed by atoms with van der Waals surface area (Å²) in [7, 11) is 0. The second-order valence-electron chi connectivity index (χ2n) is 7.74. The maximum Gasteiger partial charge on any atom is 0.417 e. The van der Waals surface area contributed by atoms with Gasteiger partial charge in [-0.25, -0.2) is 4.79 Å². The van der Waals surface area contributed by atoms with Crippen LogP contribution in [0.15, 0.2) is 54.6 Å². The Balaban J connectivity index is 2.19. The number of carbonyl (C=O) groups is 1. The van der Waals surface area contributed by atoms with Crippen molar-refractivity contribution in [1.82, 2.24) is 4.72 Å². The van der Waals surface area contributed by atoms with Gasteiger partial charge in [0.2, 0.25) is 0 Å². The molecular weight excluding hydrogens is 422 g/mol. The molecule has 2 rings (SSSR count). The molecule has 0 bridgehead atoms. The van der Waals surface area contributed by atoms with Crippen LogP contribution in [0.25, 0.3) is 0 Å². The third kappa shape index (κ3) is 6.91. The van der Waals surface area contributed by atoms with Crippen molar-refractivity contribution in [2.24, 2.45) is 0 Å². The van der Waals surface area contributed by atoms with E-state index >= 15 is 0 Å². The molecule has 3 N–H and O–H groups in total. The molecule has 0 heterocycles. The van der Waals surface area contributed by atoms with Crippen LogP contribution in [0.3, 0.4) is 0 Å². The Morgan fingerprint density at radius 2 is 1.87 bits per heavy atom. The van der Waals surface area contributed by atoms with Crippen LogP contribution in [-0.2, 0) is 10.2 Å². The molecule has 2 aromatic rings. The Bertz CT molecular complexity index is 801. The second-order valence-corrected chi connectivity index (χ2v) is 9.22. The quantitative estimate of drug-likeness (QED) is 0.323. The molecular formula is C23H30ClNO4S. The number of hydrogen-bond donors (Lipinski definition) is 3. The zero-order chi connectivity index (χ0) is 22.1. The van der Waals surface area contributed by atoms with Crippen molar-refractivity contribution in [2.75, 3.05) is 0 Å². The highest BCUT2D eigenvalue weighted by atomic mass is 35.5. The summed E-state index contributed by atoms with van der Waals surface area (Å²) in [4.78, 5) is 12.6. The highest BCUT2D eigenvalue weighted by Crippen LogP contribution is 2.40. The number of benzene rings is 2. The summed E-state index contributed by atoms with van der Waals surface area (Å²) >= 11 is 7.17. The van der Waals surface area contributed by atoms with E-state index in [1.807, 2.05) is 69.3 Å². The van der Waals surface area contributed by atoms with Gasteiger partial charge in [-0.1, -0.05) is 87.7 Å². The smallest absolute Gasteiger partial charge is 0.417 e. The van der Waals surface area contributed by atoms with Crippen LogP contribution in [0.5, 0.6) is 0 Å². The maximum atomic E-state index is 12.6. The van der Waals surface area contributed by atoms with Crippen LogP contribution >= 0.6 is 23.5 Å². The lowest BCUT2D eigenvalue weighted by atomic mass is 9.76. The zero-order valence-corrected chi connectivity index (χ0v) is 19.1. The molecule has 30 heavy (non-hydrogen) atoms. The van der Waals surface area contributed by atoms with Gasteiger partial charge in [0, 0.05) is 10.4 Å². The first kappa shape index (κ1) is 24.5. The third-order valence-electron chi connectivity index (χ3n) is 5.02. The van der Waals surface area contributed by atoms with Crippen molar-refractivity contribution >= 4 is 29.6 Å². The van der Waals surface area contributed by atoms with Gasteiger partial charge in [-0.2, -0.15) is 0 Å². The molecule has 0 aliphatic heterocycles. The predicted molar refractivity (Wildman–Crippen MR) is 122 cm³/mol. The van der Waals surface area contributed by atoms with Gasteiger partial charge in [0.25, 0.3) is 0 Å². The van der Waals surface area contributed by atoms with E-state index in [0.717, 1.165) is 35.9 Å². The number of ether oxygens (including phenoxy) is 1. The Labute approximate surface area is 187 Å². The second kappa shape index (κ2) is 11.6. The Morgan fingerprint density at radius 1 is 1.17 bits per heavy atom. The molecule has 7 heteroatoms. The Morgan fingerprint density at radius 3 is 2.47 bits per heavy atom. The topological polar surface area (TPSA) is 78.8 Å². The number of aliphatic hydroxyl groups is 2. The molecule has 2 atom stereocenters. The normalized spacial score (nSPS) is 13.7. The molecule has 0 aliphatic rings. The number of aliphatic hydroxyl groups excluding tert-OH is 1. The Kier molecular flexibility index (Phi) is 9.49. The fourth-order valence-corrected chi connectivity index (χ4v) is 4.12. The van der Waals surface area contributed by atoms with Crippen molar-refractivity contribution in [1.29, 1.82) is 0 Å². The van der Waals surface area contributed by atoms with Gasteiger partial charge in [0.15, 0.2) is 6.29 Å². The van der Waals surface area contributed by atoms with E-state index in [1.54, 1.807) is 6.07 Å². The first-order valence-corrected chi connectivity index (χ1v) is 11.3. The van der Waals surface area contributed by atoms with Crippen molar-refractivity contribution in [3.63, 3.8) is 0 Å². The van der Waals surface area contributed by atoms with Crippen LogP contribution in [0.2, 0.25) is 5.02 Å². The standard InChI is InChI=1S/C23H30ClNO4S/c1-4-5-14-19(21(26)27)30-25-22(28)29-20(16-10-7-6-8-11-16)23(2,3)17-12-9-13-18(24)15-17/h6-13,15,19-21,26-27H,4-5,14H2,1-3H3,(H,25,28)/t19-,20?/m0/s1. The molecule has 0 spiro atoms. The summed E-state index contributed by atoms with van der Waals surface area (Å²) in [5.41, 5.74) is 1.23. The fourth-order valence-electron chi connectivity index (χ4n) is 3.23. The van der Waals surface area contributed by atoms with Crippen molar-refractivity contribution in [2.45, 2.75) is 63.1 Å². The van der Waals surface area contributed by atoms with E-state index in [-0.39, 0.29) is 0 Å². The van der Waals surface area contributed by atoms with Crippen molar-refractivity contribution < 1.29 is 19.7 Å². The molecule has 5 nitrogen and oxygen atoms in total. The van der Waals surface area contributed by atoms with Crippen LogP contribution in [0.4, 0.5) is 4.79 Å². The minimum absolute atomic E-state index is 0.520. The lowest BCUT2D eigenvalue weighted by Gasteiger charge is -2.35. The van der Waals surface area contributed by atoms with E-state index in [9.17, 15) is 15.0 Å². The number of rotatable bonds is 10. The summed E-state index contributed by atoms with van der Waals surface area (Å²) < 4.78 is 8.47. The van der Waals surface area contributed by atoms with Gasteiger partial charge in [-0.3, -0.25) is 4.72 Å². The lowest BCUT2D eigenvalue weighted by molar-refractivity contribution is -0.0416. The van der Waals surface area contributed by atoms with E-state index in [4.69, 9.17) is 16.3 Å². The molecule has 2 aromatic carbocycles. The first-order valence-electron chi connectivity index (χ1n) is 10.0. The number of nitrogens with one attached hydrogen (secondary N) is 1. The lowest BCUT2D eigenvalue weighted by Crippen LogP contribution is -2.34. The number of halogens is 1. The minimum atomic E-state index is -1.52. The first-order chi connectivity index (χ1) is 14.3. The average Bonchev–Trinajstić information content (AvgIpc) is 2.72. The molecule has 164 valence electrons. The fraction of sp³-hybridized carbons (Fsp3) is 0.435. The number of carbonyl (C=O) groups excluding carboxylic acids is 1. The van der Waals surface area contributed by atoms with Gasteiger partial charge in [-0.15, -0.1) is 0 Å². The molecule has 0 aromatic heterocycles. The molecule has 0 fully saturated rings. The van der Waals surface area contributed by atoms with Crippen molar-refractivity contribution in [3.05, 3.63) is 70.7 Å². The van der Waals surface area contributed by atoms with Crippen LogP contribution in [0, 0.1) is 0 Å². The summed E-state index contributed by atoms with van der Waals surface area (Å²) in [6, 6.07) is 17.0. The van der Waals surface area contributed by atoms with Crippen LogP contribution < -0.4 is 4.72 Å². The molecule has 0 aliphatic carbocycles. The van der Waals surface area contributed by atoms with Gasteiger partial charge in [-0.05, 0) is 41.6 Å². The third-order valence-corrected chi connectivity index (χ3v) is 6.32. The largest absolute Gasteiger partial charge is 0.440 e. The molecule has 1 unspecified atom stereocenters. The number of unbranched alkanes of at least 4 members (excludes halogenated alkanes) is 1. The van der Waals surface area contributed by atoms with E-state index < -0.39 is 29.2 Å². The highest BCUT2D eigenvalue weighted by molar-refractivity contribution is 7.98. The van der Waals surface area contributed by atoms with Gasteiger partial charge < -0.3 is 14.9 Å². The Hall–Kier alpha value is -1.73. The summed E-state index contributed by atoms with van der Waals surface area (Å²) in [6.07, 6.45) is -0.389. The zero-order valence-electron chi connectivity index (χ0n) is 17.5. The summed E-state index contributed by atoms with van der Waals surface area (Å²) in [5.74, 6) is 0. The van der Waals surface area contributed by atoms with E-state index in [2.05, 4.69) is 4.72 Å². The SMILES string of the molecule is CCCC[C@H](SNC(=O)OC(c1ccccc1)C(C)(C)c1cccc(Cl)c1)C(O)O. The van der Waals surface area contributed by atoms with Gasteiger partial charge in [0.05, 0.1) is 5.25 Å².